The van der Waals surface area contributed by atoms with Gasteiger partial charge in [-0.2, -0.15) is 0 Å². The van der Waals surface area contributed by atoms with E-state index in [1.165, 1.54) is 83.1 Å². The first-order valence-corrected chi connectivity index (χ1v) is 15.9. The summed E-state index contributed by atoms with van der Waals surface area (Å²) in [6.45, 7) is 17.8. The molecule has 0 bridgehead atoms. The van der Waals surface area contributed by atoms with Gasteiger partial charge in [0.25, 0.3) is 0 Å². The van der Waals surface area contributed by atoms with Gasteiger partial charge >= 0.3 is 0 Å². The van der Waals surface area contributed by atoms with Crippen LogP contribution in [0.5, 0.6) is 0 Å². The molecule has 0 radical (unpaired) electrons. The molecule has 1 heteroatoms. The van der Waals surface area contributed by atoms with Crippen molar-refractivity contribution in [1.29, 1.82) is 0 Å². The largest absolute Gasteiger partial charge is 0.243 e. The fourth-order valence-corrected chi connectivity index (χ4v) is 7.30. The topological polar surface area (TPSA) is 0 Å². The van der Waals surface area contributed by atoms with Crippen molar-refractivity contribution in [3.8, 4) is 33.4 Å². The molecule has 0 aliphatic heterocycles. The zero-order valence-corrected chi connectivity index (χ0v) is 27.4. The maximum atomic E-state index is 3.92. The zero-order chi connectivity index (χ0) is 31.7. The van der Waals surface area contributed by atoms with Crippen LogP contribution in [0.4, 0.5) is 0 Å². The smallest absolute Gasteiger partial charge is 0.0985 e. The normalized spacial score (nSPS) is 11.0. The predicted molar refractivity (Wildman–Crippen MR) is 199 cm³/mol. The van der Waals surface area contributed by atoms with Gasteiger partial charge < -0.3 is 0 Å². The summed E-state index contributed by atoms with van der Waals surface area (Å²) >= 11 is 0. The number of hydrogen-bond donors (Lipinski definition) is 0. The van der Waals surface area contributed by atoms with Gasteiger partial charge in [0.05, 0.1) is 0 Å². The first kappa shape index (κ1) is 30.2. The second kappa shape index (κ2) is 12.6. The molecule has 0 aromatic heterocycles. The van der Waals surface area contributed by atoms with Gasteiger partial charge in [0.1, 0.15) is 0 Å². The molecule has 0 saturated carbocycles. The highest BCUT2D eigenvalue weighted by Crippen LogP contribution is 2.27. The maximum absolute atomic E-state index is 3.92. The molecule has 0 aliphatic rings. The zero-order valence-electron chi connectivity index (χ0n) is 27.4. The lowest BCUT2D eigenvalue weighted by atomic mass is 9.33. The van der Waals surface area contributed by atoms with Crippen molar-refractivity contribution in [3.63, 3.8) is 0 Å². The van der Waals surface area contributed by atoms with E-state index in [-0.39, 0.29) is 6.71 Å². The van der Waals surface area contributed by atoms with E-state index in [9.17, 15) is 0 Å². The summed E-state index contributed by atoms with van der Waals surface area (Å²) in [5, 5.41) is 0. The van der Waals surface area contributed by atoms with E-state index < -0.39 is 0 Å². The van der Waals surface area contributed by atoms with E-state index in [0.29, 0.717) is 0 Å². The van der Waals surface area contributed by atoms with E-state index in [0.717, 1.165) is 5.56 Å². The molecule has 45 heavy (non-hydrogen) atoms. The molecule has 6 rings (SSSR count). The molecule has 0 unspecified atom stereocenters. The van der Waals surface area contributed by atoms with Gasteiger partial charge in [-0.3, -0.25) is 0 Å². The lowest BCUT2D eigenvalue weighted by Gasteiger charge is -2.28. The summed E-state index contributed by atoms with van der Waals surface area (Å²) in [4.78, 5) is 0. The van der Waals surface area contributed by atoms with E-state index in [2.05, 4.69) is 169 Å². The summed E-state index contributed by atoms with van der Waals surface area (Å²) in [6, 6.07) is 44.5. The van der Waals surface area contributed by atoms with Gasteiger partial charge in [-0.15, -0.1) is 0 Å². The minimum absolute atomic E-state index is 0.108. The highest BCUT2D eigenvalue weighted by molar-refractivity contribution is 6.97. The lowest BCUT2D eigenvalue weighted by molar-refractivity contribution is 1.38. The molecule has 0 nitrogen and oxygen atoms in total. The Kier molecular flexibility index (Phi) is 8.46. The van der Waals surface area contributed by atoms with E-state index >= 15 is 0 Å². The molecule has 6 aromatic rings. The highest BCUT2D eigenvalue weighted by Gasteiger charge is 2.31. The Labute approximate surface area is 270 Å². The molecule has 220 valence electrons. The third-order valence-electron chi connectivity index (χ3n) is 9.34. The molecule has 6 aromatic carbocycles. The molecule has 0 fully saturated rings. The average Bonchev–Trinajstić information content (AvgIpc) is 3.04. The Bertz CT molecular complexity index is 1830. The van der Waals surface area contributed by atoms with Gasteiger partial charge in [-0.25, -0.2) is 0 Å². The van der Waals surface area contributed by atoms with Crippen LogP contribution in [-0.2, 0) is 0 Å². The van der Waals surface area contributed by atoms with E-state index in [4.69, 9.17) is 0 Å². The standard InChI is InChI=1S/C44H41B/c1-8-35-19-21-38(22-20-35)41-27-33(6)44(34(7)28-41)45(42-29(2)23-39(24-30(42)3)36-15-11-9-12-16-36)43-31(4)25-40(26-32(43)5)37-17-13-10-14-18-37/h8-28H,1H2,2-7H3. The van der Waals surface area contributed by atoms with Gasteiger partial charge in [-0.05, 0) is 80.5 Å². The molecule has 0 saturated heterocycles. The summed E-state index contributed by atoms with van der Waals surface area (Å²) in [6.07, 6.45) is 1.90. The number of aryl methyl sites for hydroxylation is 6. The minimum atomic E-state index is 0.108. The van der Waals surface area contributed by atoms with Crippen molar-refractivity contribution in [1.82, 2.24) is 0 Å². The molecule has 0 heterocycles. The Balaban J connectivity index is 1.57. The summed E-state index contributed by atoms with van der Waals surface area (Å²) < 4.78 is 0. The van der Waals surface area contributed by atoms with Crippen LogP contribution in [0.3, 0.4) is 0 Å². The second-order valence-electron chi connectivity index (χ2n) is 12.6. The first-order chi connectivity index (χ1) is 21.7. The summed E-state index contributed by atoms with van der Waals surface area (Å²) in [5.74, 6) is 0. The van der Waals surface area contributed by atoms with Crippen LogP contribution >= 0.6 is 0 Å². The third kappa shape index (κ3) is 5.96. The van der Waals surface area contributed by atoms with Crippen molar-refractivity contribution in [3.05, 3.63) is 167 Å². The van der Waals surface area contributed by atoms with Crippen molar-refractivity contribution in [2.45, 2.75) is 41.5 Å². The van der Waals surface area contributed by atoms with Crippen LogP contribution < -0.4 is 16.4 Å². The van der Waals surface area contributed by atoms with Gasteiger partial charge in [0.2, 0.25) is 6.71 Å². The molecular formula is C44H41B. The monoisotopic (exact) mass is 580 g/mol. The number of hydrogen-bond acceptors (Lipinski definition) is 0. The summed E-state index contributed by atoms with van der Waals surface area (Å²) in [7, 11) is 0. The Morgan fingerprint density at radius 2 is 0.667 bits per heavy atom. The Morgan fingerprint density at radius 1 is 0.378 bits per heavy atom. The predicted octanol–water partition coefficient (Wildman–Crippen LogP) is 9.70. The Morgan fingerprint density at radius 3 is 0.956 bits per heavy atom. The van der Waals surface area contributed by atoms with Crippen LogP contribution in [0.2, 0.25) is 0 Å². The number of rotatable bonds is 7. The lowest BCUT2D eigenvalue weighted by Crippen LogP contribution is -2.57. The van der Waals surface area contributed by atoms with Crippen LogP contribution in [0.25, 0.3) is 39.5 Å². The second-order valence-corrected chi connectivity index (χ2v) is 12.6. The molecular weight excluding hydrogens is 539 g/mol. The van der Waals surface area contributed by atoms with Crippen LogP contribution in [-0.4, -0.2) is 6.71 Å². The SMILES string of the molecule is C=Cc1ccc(-c2cc(C)c(B(c3c(C)cc(-c4ccccc4)cc3C)c3c(C)cc(-c4ccccc4)cc3C)c(C)c2)cc1. The minimum Gasteiger partial charge on any atom is -0.0985 e. The maximum Gasteiger partial charge on any atom is 0.243 e. The molecule has 0 atom stereocenters. The molecule has 0 aliphatic carbocycles. The van der Waals surface area contributed by atoms with Crippen LogP contribution in [0.15, 0.2) is 128 Å². The van der Waals surface area contributed by atoms with Gasteiger partial charge in [0, 0.05) is 0 Å². The van der Waals surface area contributed by atoms with Gasteiger partial charge in [-0.1, -0.05) is 184 Å². The van der Waals surface area contributed by atoms with Crippen LogP contribution in [0, 0.1) is 41.5 Å². The van der Waals surface area contributed by atoms with E-state index in [1.807, 2.05) is 6.08 Å². The fraction of sp³-hybridized carbons (Fsp3) is 0.136. The van der Waals surface area contributed by atoms with E-state index in [1.54, 1.807) is 0 Å². The van der Waals surface area contributed by atoms with Crippen molar-refractivity contribution < 1.29 is 0 Å². The Hall–Kier alpha value is -4.88. The molecule has 0 amide bonds. The quantitative estimate of drug-likeness (QED) is 0.165. The molecule has 0 spiro atoms. The highest BCUT2D eigenvalue weighted by atomic mass is 14.2. The number of benzene rings is 6. The third-order valence-corrected chi connectivity index (χ3v) is 9.34. The first-order valence-electron chi connectivity index (χ1n) is 15.9. The van der Waals surface area contributed by atoms with Crippen molar-refractivity contribution in [2.75, 3.05) is 0 Å². The van der Waals surface area contributed by atoms with Gasteiger partial charge in [0.15, 0.2) is 0 Å². The fourth-order valence-electron chi connectivity index (χ4n) is 7.30. The summed E-state index contributed by atoms with van der Waals surface area (Å²) in [5.41, 5.74) is 20.8. The van der Waals surface area contributed by atoms with Crippen molar-refractivity contribution in [2.24, 2.45) is 0 Å². The van der Waals surface area contributed by atoms with Crippen molar-refractivity contribution >= 4 is 29.2 Å². The van der Waals surface area contributed by atoms with Crippen LogP contribution in [0.1, 0.15) is 38.9 Å². The average molecular weight is 581 g/mol. The molecule has 0 N–H and O–H groups in total.